The maximum atomic E-state index is 12.1. The van der Waals surface area contributed by atoms with Gasteiger partial charge in [-0.25, -0.2) is 0 Å². The summed E-state index contributed by atoms with van der Waals surface area (Å²) in [6.45, 7) is 1.97. The molecule has 0 spiro atoms. The smallest absolute Gasteiger partial charge is 0.225 e. The molecule has 0 saturated carbocycles. The number of aromatic nitrogens is 4. The Balaban J connectivity index is 1.56. The lowest BCUT2D eigenvalue weighted by atomic mass is 10.2. The van der Waals surface area contributed by atoms with Crippen LogP contribution in [0, 0.1) is 6.92 Å². The molecular weight excluding hydrogens is 402 g/mol. The molecule has 8 heteroatoms. The lowest BCUT2D eigenvalue weighted by Gasteiger charge is -2.08. The number of hydrogen-bond donors (Lipinski definition) is 1. The van der Waals surface area contributed by atoms with Crippen molar-refractivity contribution in [2.45, 2.75) is 18.5 Å². The summed E-state index contributed by atoms with van der Waals surface area (Å²) in [6, 6.07) is 15.4. The van der Waals surface area contributed by atoms with Gasteiger partial charge in [0.05, 0.1) is 5.69 Å². The van der Waals surface area contributed by atoms with E-state index in [-0.39, 0.29) is 5.91 Å². The minimum Gasteiger partial charge on any atom is -0.326 e. The van der Waals surface area contributed by atoms with Gasteiger partial charge in [-0.2, -0.15) is 4.68 Å². The second-order valence-corrected chi connectivity index (χ2v) is 7.29. The minimum absolute atomic E-state index is 0.0236. The van der Waals surface area contributed by atoms with Crippen molar-refractivity contribution >= 4 is 39.3 Å². The van der Waals surface area contributed by atoms with E-state index in [9.17, 15) is 4.79 Å². The molecule has 1 amide bonds. The molecule has 1 N–H and O–H groups in total. The number of carbonyl (C=O) groups excluding carboxylic acids is 1. The van der Waals surface area contributed by atoms with Gasteiger partial charge in [0.25, 0.3) is 0 Å². The highest BCUT2D eigenvalue weighted by molar-refractivity contribution is 9.10. The van der Waals surface area contributed by atoms with Gasteiger partial charge in [0.1, 0.15) is 0 Å². The summed E-state index contributed by atoms with van der Waals surface area (Å²) >= 11 is 4.86. The number of tetrazole rings is 1. The van der Waals surface area contributed by atoms with E-state index in [1.807, 2.05) is 55.5 Å². The Morgan fingerprint density at radius 2 is 1.96 bits per heavy atom. The van der Waals surface area contributed by atoms with Crippen LogP contribution in [0.5, 0.6) is 0 Å². The average molecular weight is 418 g/mol. The van der Waals surface area contributed by atoms with Crippen molar-refractivity contribution in [1.29, 1.82) is 0 Å². The zero-order valence-electron chi connectivity index (χ0n) is 13.5. The van der Waals surface area contributed by atoms with E-state index >= 15 is 0 Å². The van der Waals surface area contributed by atoms with Crippen molar-refractivity contribution < 1.29 is 4.79 Å². The number of carbonyl (C=O) groups is 1. The number of hydrogen-bond acceptors (Lipinski definition) is 5. The predicted octanol–water partition coefficient (Wildman–Crippen LogP) is 3.85. The van der Waals surface area contributed by atoms with Crippen LogP contribution in [0.15, 0.2) is 58.2 Å². The van der Waals surface area contributed by atoms with Crippen molar-refractivity contribution in [2.75, 3.05) is 11.1 Å². The summed E-state index contributed by atoms with van der Waals surface area (Å²) < 4.78 is 2.66. The maximum absolute atomic E-state index is 12.1. The van der Waals surface area contributed by atoms with E-state index in [4.69, 9.17) is 0 Å². The molecule has 0 bridgehead atoms. The monoisotopic (exact) mass is 417 g/mol. The lowest BCUT2D eigenvalue weighted by Crippen LogP contribution is -2.13. The Labute approximate surface area is 158 Å². The number of rotatable bonds is 6. The molecule has 0 aliphatic rings. The summed E-state index contributed by atoms with van der Waals surface area (Å²) in [7, 11) is 0. The predicted molar refractivity (Wildman–Crippen MR) is 102 cm³/mol. The SMILES string of the molecule is Cc1ccccc1NC(=O)CCSc1nnnn1-c1ccc(Br)cc1. The van der Waals surface area contributed by atoms with E-state index < -0.39 is 0 Å². The molecule has 0 atom stereocenters. The van der Waals surface area contributed by atoms with E-state index in [1.54, 1.807) is 4.68 Å². The Morgan fingerprint density at radius 3 is 2.72 bits per heavy atom. The van der Waals surface area contributed by atoms with Crippen LogP contribution >= 0.6 is 27.7 Å². The quantitative estimate of drug-likeness (QED) is 0.616. The molecule has 0 aliphatic heterocycles. The van der Waals surface area contributed by atoms with Crippen molar-refractivity contribution in [3.63, 3.8) is 0 Å². The number of nitrogens with zero attached hydrogens (tertiary/aromatic N) is 4. The molecule has 6 nitrogen and oxygen atoms in total. The Kier molecular flexibility index (Phi) is 5.83. The summed E-state index contributed by atoms with van der Waals surface area (Å²) in [5.74, 6) is 0.568. The number of anilines is 1. The van der Waals surface area contributed by atoms with Crippen LogP contribution in [-0.2, 0) is 4.79 Å². The number of nitrogens with one attached hydrogen (secondary N) is 1. The zero-order chi connectivity index (χ0) is 17.6. The minimum atomic E-state index is -0.0236. The molecule has 128 valence electrons. The second-order valence-electron chi connectivity index (χ2n) is 5.31. The summed E-state index contributed by atoms with van der Waals surface area (Å²) in [4.78, 5) is 12.1. The molecule has 25 heavy (non-hydrogen) atoms. The van der Waals surface area contributed by atoms with Crippen LogP contribution in [0.25, 0.3) is 5.69 Å². The lowest BCUT2D eigenvalue weighted by molar-refractivity contribution is -0.115. The second kappa shape index (κ2) is 8.26. The number of para-hydroxylation sites is 1. The first-order valence-electron chi connectivity index (χ1n) is 7.66. The van der Waals surface area contributed by atoms with E-state index in [2.05, 4.69) is 36.8 Å². The molecule has 0 radical (unpaired) electrons. The average Bonchev–Trinajstić information content (AvgIpc) is 3.06. The number of halogens is 1. The fourth-order valence-electron chi connectivity index (χ4n) is 2.17. The molecule has 1 heterocycles. The Morgan fingerprint density at radius 1 is 1.20 bits per heavy atom. The Bertz CT molecular complexity index is 865. The third-order valence-corrected chi connectivity index (χ3v) is 4.94. The summed E-state index contributed by atoms with van der Waals surface area (Å²) in [5, 5.41) is 15.4. The summed E-state index contributed by atoms with van der Waals surface area (Å²) in [5.41, 5.74) is 2.76. The van der Waals surface area contributed by atoms with Crippen molar-refractivity contribution in [3.8, 4) is 5.69 Å². The molecule has 1 aromatic heterocycles. The van der Waals surface area contributed by atoms with Gasteiger partial charge in [-0.05, 0) is 53.2 Å². The van der Waals surface area contributed by atoms with Gasteiger partial charge in [0.15, 0.2) is 0 Å². The molecule has 0 saturated heterocycles. The van der Waals surface area contributed by atoms with E-state index in [0.29, 0.717) is 17.3 Å². The van der Waals surface area contributed by atoms with Crippen LogP contribution in [0.3, 0.4) is 0 Å². The first-order valence-corrected chi connectivity index (χ1v) is 9.44. The van der Waals surface area contributed by atoms with Gasteiger partial charge >= 0.3 is 0 Å². The van der Waals surface area contributed by atoms with Gasteiger partial charge < -0.3 is 5.32 Å². The third-order valence-electron chi connectivity index (χ3n) is 3.49. The van der Waals surface area contributed by atoms with Crippen LogP contribution in [0.2, 0.25) is 0 Å². The fourth-order valence-corrected chi connectivity index (χ4v) is 3.27. The highest BCUT2D eigenvalue weighted by atomic mass is 79.9. The van der Waals surface area contributed by atoms with Crippen LogP contribution < -0.4 is 5.32 Å². The van der Waals surface area contributed by atoms with Crippen LogP contribution in [0.1, 0.15) is 12.0 Å². The van der Waals surface area contributed by atoms with Gasteiger partial charge in [-0.3, -0.25) is 4.79 Å². The molecular formula is C17H16BrN5OS. The maximum Gasteiger partial charge on any atom is 0.225 e. The third kappa shape index (κ3) is 4.67. The summed E-state index contributed by atoms with van der Waals surface area (Å²) in [6.07, 6.45) is 0.381. The van der Waals surface area contributed by atoms with Gasteiger partial charge in [-0.15, -0.1) is 5.10 Å². The van der Waals surface area contributed by atoms with Crippen LogP contribution in [0.4, 0.5) is 5.69 Å². The molecule has 0 fully saturated rings. The van der Waals surface area contributed by atoms with E-state index in [0.717, 1.165) is 21.4 Å². The molecule has 2 aromatic carbocycles. The van der Waals surface area contributed by atoms with Crippen molar-refractivity contribution in [1.82, 2.24) is 20.2 Å². The first kappa shape index (κ1) is 17.6. The van der Waals surface area contributed by atoms with Crippen LogP contribution in [-0.4, -0.2) is 31.9 Å². The Hall–Kier alpha value is -2.19. The molecule has 0 unspecified atom stereocenters. The molecule has 3 aromatic rings. The van der Waals surface area contributed by atoms with Gasteiger partial charge in [-0.1, -0.05) is 45.9 Å². The highest BCUT2D eigenvalue weighted by Gasteiger charge is 2.10. The van der Waals surface area contributed by atoms with Crippen molar-refractivity contribution in [2.24, 2.45) is 0 Å². The topological polar surface area (TPSA) is 72.7 Å². The fraction of sp³-hybridized carbons (Fsp3) is 0.176. The van der Waals surface area contributed by atoms with E-state index in [1.165, 1.54) is 11.8 Å². The van der Waals surface area contributed by atoms with Crippen molar-refractivity contribution in [3.05, 3.63) is 58.6 Å². The first-order chi connectivity index (χ1) is 12.1. The largest absolute Gasteiger partial charge is 0.326 e. The normalized spacial score (nSPS) is 10.6. The number of benzene rings is 2. The van der Waals surface area contributed by atoms with Gasteiger partial charge in [0, 0.05) is 22.3 Å². The molecule has 0 aliphatic carbocycles. The zero-order valence-corrected chi connectivity index (χ0v) is 15.9. The standard InChI is InChI=1S/C17H16BrN5OS/c1-12-4-2-3-5-15(12)19-16(24)10-11-25-17-20-21-22-23(17)14-8-6-13(18)7-9-14/h2-9H,10-11H2,1H3,(H,19,24). The van der Waals surface area contributed by atoms with Gasteiger partial charge in [0.2, 0.25) is 11.1 Å². The number of amides is 1. The highest BCUT2D eigenvalue weighted by Crippen LogP contribution is 2.21. The number of thioether (sulfide) groups is 1. The number of aryl methyl sites for hydroxylation is 1. The molecule has 3 rings (SSSR count).